The third kappa shape index (κ3) is 3.83. The van der Waals surface area contributed by atoms with Crippen molar-refractivity contribution in [3.63, 3.8) is 0 Å². The van der Waals surface area contributed by atoms with Gasteiger partial charge in [-0.15, -0.1) is 0 Å². The van der Waals surface area contributed by atoms with Crippen LogP contribution in [0.4, 0.5) is 0 Å². The van der Waals surface area contributed by atoms with Crippen LogP contribution < -0.4 is 0 Å². The van der Waals surface area contributed by atoms with Crippen molar-refractivity contribution in [1.29, 1.82) is 0 Å². The van der Waals surface area contributed by atoms with Gasteiger partial charge in [0.2, 0.25) is 0 Å². The number of carbonyl (C=O) groups excluding carboxylic acids is 3. The van der Waals surface area contributed by atoms with Gasteiger partial charge in [0.05, 0.1) is 0 Å². The van der Waals surface area contributed by atoms with Gasteiger partial charge in [-0.1, -0.05) is 32.8 Å². The average molecular weight is 432 g/mol. The molecule has 0 aromatic rings. The van der Waals surface area contributed by atoms with Crippen molar-refractivity contribution in [2.75, 3.05) is 0 Å². The van der Waals surface area contributed by atoms with Crippen LogP contribution in [0.2, 0.25) is 0 Å². The molecule has 0 bridgehead atoms. The molecule has 2 aliphatic carbocycles. The normalized spacial score (nSPS) is 36.3. The van der Waals surface area contributed by atoms with E-state index in [1.54, 1.807) is 0 Å². The number of esters is 3. The van der Waals surface area contributed by atoms with Gasteiger partial charge in [-0.2, -0.15) is 0 Å². The number of hydrogen-bond acceptors (Lipinski definition) is 8. The summed E-state index contributed by atoms with van der Waals surface area (Å²) < 4.78 is 22.2. The summed E-state index contributed by atoms with van der Waals surface area (Å²) in [5.74, 6) is -5.20. The molecule has 0 radical (unpaired) electrons. The lowest BCUT2D eigenvalue weighted by Crippen LogP contribution is -2.52. The largest absolute Gasteiger partial charge is 0.480 e. The van der Waals surface area contributed by atoms with Crippen molar-refractivity contribution in [2.45, 2.75) is 76.8 Å². The number of carbonyl (C=O) groups is 3. The molecule has 1 saturated heterocycles. The van der Waals surface area contributed by atoms with Crippen LogP contribution in [0.1, 0.15) is 65.2 Å². The zero-order valence-electron chi connectivity index (χ0n) is 17.8. The molecular weight excluding hydrogens is 404 g/mol. The average Bonchev–Trinajstić information content (AvgIpc) is 2.71. The minimum atomic E-state index is -1.19. The summed E-state index contributed by atoms with van der Waals surface area (Å²) in [7, 11) is 0. The van der Waals surface area contributed by atoms with E-state index in [1.807, 2.05) is 13.8 Å². The van der Waals surface area contributed by atoms with Gasteiger partial charge < -0.3 is 24.1 Å². The summed E-state index contributed by atoms with van der Waals surface area (Å²) in [6.45, 7) is 3.82. The summed E-state index contributed by atoms with van der Waals surface area (Å²) in [5, 5.41) is 10.3. The van der Waals surface area contributed by atoms with E-state index in [2.05, 4.69) is 0 Å². The first-order valence-corrected chi connectivity index (χ1v) is 11.0. The fourth-order valence-corrected chi connectivity index (χ4v) is 4.77. The molecule has 4 rings (SSSR count). The highest BCUT2D eigenvalue weighted by molar-refractivity contribution is 6.15. The molecule has 3 fully saturated rings. The van der Waals surface area contributed by atoms with Gasteiger partial charge in [-0.3, -0.25) is 0 Å². The van der Waals surface area contributed by atoms with Crippen LogP contribution in [0.5, 0.6) is 0 Å². The van der Waals surface area contributed by atoms with Crippen molar-refractivity contribution in [2.24, 2.45) is 11.8 Å². The molecule has 2 heterocycles. The standard InChI is InChI=1S/C23H28O8/c1-14-8-3-5-12-22(14)28-18(24)16(19(25)29-22)10-7-11-17-20(26)30-23(31-21(17)27)13-6-4-9-15(23)2/h7,10-11,14-15,24H,3-6,8-9,12-13H2,1-2H3. The van der Waals surface area contributed by atoms with Gasteiger partial charge in [0.25, 0.3) is 17.5 Å². The second kappa shape index (κ2) is 8.05. The Kier molecular flexibility index (Phi) is 5.58. The van der Waals surface area contributed by atoms with E-state index in [0.717, 1.165) is 38.5 Å². The van der Waals surface area contributed by atoms with E-state index in [0.29, 0.717) is 12.8 Å². The second-order valence-electron chi connectivity index (χ2n) is 8.85. The minimum absolute atomic E-state index is 0.0405. The van der Waals surface area contributed by atoms with E-state index in [-0.39, 0.29) is 23.0 Å². The van der Waals surface area contributed by atoms with Crippen LogP contribution in [0, 0.1) is 11.8 Å². The van der Waals surface area contributed by atoms with Crippen LogP contribution in [0.25, 0.3) is 0 Å². The molecule has 31 heavy (non-hydrogen) atoms. The molecule has 1 N–H and O–H groups in total. The fraction of sp³-hybridized carbons (Fsp3) is 0.609. The fourth-order valence-electron chi connectivity index (χ4n) is 4.77. The summed E-state index contributed by atoms with van der Waals surface area (Å²) >= 11 is 0. The van der Waals surface area contributed by atoms with Crippen molar-refractivity contribution in [3.05, 3.63) is 35.3 Å². The van der Waals surface area contributed by atoms with Crippen LogP contribution in [-0.4, -0.2) is 34.6 Å². The third-order valence-corrected chi connectivity index (χ3v) is 6.81. The molecule has 2 spiro atoms. The first-order chi connectivity index (χ1) is 14.8. The Hall–Kier alpha value is -2.77. The molecule has 3 unspecified atom stereocenters. The van der Waals surface area contributed by atoms with Gasteiger partial charge >= 0.3 is 17.9 Å². The summed E-state index contributed by atoms with van der Waals surface area (Å²) in [5.41, 5.74) is -0.461. The molecule has 2 saturated carbocycles. The molecule has 3 atom stereocenters. The number of aliphatic hydroxyl groups is 1. The Bertz CT molecular complexity index is 862. The molecule has 8 heteroatoms. The number of allylic oxidation sites excluding steroid dienone is 2. The number of hydrogen-bond donors (Lipinski definition) is 1. The van der Waals surface area contributed by atoms with Crippen LogP contribution >= 0.6 is 0 Å². The van der Waals surface area contributed by atoms with Crippen molar-refractivity contribution >= 4 is 17.9 Å². The zero-order chi connectivity index (χ0) is 22.2. The first-order valence-electron chi connectivity index (χ1n) is 11.0. The van der Waals surface area contributed by atoms with Gasteiger partial charge in [0.1, 0.15) is 11.1 Å². The van der Waals surface area contributed by atoms with E-state index in [9.17, 15) is 19.5 Å². The highest BCUT2D eigenvalue weighted by Crippen LogP contribution is 2.43. The minimum Gasteiger partial charge on any atom is -0.480 e. The first kappa shape index (κ1) is 21.5. The Balaban J connectivity index is 1.49. The molecule has 8 nitrogen and oxygen atoms in total. The smallest absolute Gasteiger partial charge is 0.348 e. The molecule has 0 aromatic carbocycles. The predicted octanol–water partition coefficient (Wildman–Crippen LogP) is 3.72. The summed E-state index contributed by atoms with van der Waals surface area (Å²) in [6, 6.07) is 0. The van der Waals surface area contributed by atoms with Crippen LogP contribution in [0.15, 0.2) is 35.3 Å². The Morgan fingerprint density at radius 1 is 0.806 bits per heavy atom. The highest BCUT2D eigenvalue weighted by atomic mass is 16.8. The zero-order valence-corrected chi connectivity index (χ0v) is 17.8. The van der Waals surface area contributed by atoms with Gasteiger partial charge in [0, 0.05) is 24.7 Å². The predicted molar refractivity (Wildman–Crippen MR) is 107 cm³/mol. The molecule has 0 amide bonds. The van der Waals surface area contributed by atoms with E-state index in [4.69, 9.17) is 18.9 Å². The number of rotatable bonds is 2. The van der Waals surface area contributed by atoms with E-state index in [1.165, 1.54) is 18.2 Å². The van der Waals surface area contributed by atoms with Gasteiger partial charge in [-0.25, -0.2) is 14.4 Å². The summed E-state index contributed by atoms with van der Waals surface area (Å²) in [4.78, 5) is 37.4. The Labute approximate surface area is 180 Å². The molecular formula is C23H28O8. The monoisotopic (exact) mass is 432 g/mol. The van der Waals surface area contributed by atoms with Crippen molar-refractivity contribution < 1.29 is 38.4 Å². The molecule has 0 aromatic heterocycles. The SMILES string of the molecule is CC1CCCCC12OC(=O)C(=CC=CC1=C(O)OC3(CCCCC3C)OC1=O)C(=O)O2. The second-order valence-corrected chi connectivity index (χ2v) is 8.85. The molecule has 4 aliphatic rings. The third-order valence-electron chi connectivity index (χ3n) is 6.81. The lowest BCUT2D eigenvalue weighted by Gasteiger charge is -2.43. The number of ether oxygens (including phenoxy) is 4. The topological polar surface area (TPSA) is 108 Å². The Morgan fingerprint density at radius 2 is 1.32 bits per heavy atom. The van der Waals surface area contributed by atoms with E-state index < -0.39 is 35.4 Å². The van der Waals surface area contributed by atoms with Crippen molar-refractivity contribution in [1.82, 2.24) is 0 Å². The van der Waals surface area contributed by atoms with E-state index >= 15 is 0 Å². The molecule has 168 valence electrons. The summed E-state index contributed by atoms with van der Waals surface area (Å²) in [6.07, 6.45) is 10.1. The maximum atomic E-state index is 12.5. The highest BCUT2D eigenvalue weighted by Gasteiger charge is 2.51. The lowest BCUT2D eigenvalue weighted by molar-refractivity contribution is -0.269. The quantitative estimate of drug-likeness (QED) is 0.400. The van der Waals surface area contributed by atoms with Crippen LogP contribution in [0.3, 0.4) is 0 Å². The molecule has 2 aliphatic heterocycles. The Morgan fingerprint density at radius 3 is 1.84 bits per heavy atom. The van der Waals surface area contributed by atoms with Crippen molar-refractivity contribution in [3.8, 4) is 0 Å². The van der Waals surface area contributed by atoms with Gasteiger partial charge in [-0.05, 0) is 37.8 Å². The number of aliphatic hydroxyl groups excluding tert-OH is 1. The van der Waals surface area contributed by atoms with Gasteiger partial charge in [0.15, 0.2) is 0 Å². The maximum absolute atomic E-state index is 12.5. The van der Waals surface area contributed by atoms with Crippen LogP contribution in [-0.2, 0) is 33.3 Å². The maximum Gasteiger partial charge on any atom is 0.348 e. The lowest BCUT2D eigenvalue weighted by atomic mass is 9.84.